The van der Waals surface area contributed by atoms with Gasteiger partial charge in [-0.05, 0) is 39.8 Å². The van der Waals surface area contributed by atoms with Gasteiger partial charge >= 0.3 is 0 Å². The Kier molecular flexibility index (Phi) is 4.82. The van der Waals surface area contributed by atoms with Crippen LogP contribution in [0.1, 0.15) is 38.8 Å². The van der Waals surface area contributed by atoms with Crippen molar-refractivity contribution < 1.29 is 18.8 Å². The van der Waals surface area contributed by atoms with Crippen LogP contribution >= 0.6 is 0 Å². The molecule has 6 heteroatoms. The van der Waals surface area contributed by atoms with Gasteiger partial charge in [-0.3, -0.25) is 0 Å². The maximum atomic E-state index is 13.5. The molecule has 0 saturated heterocycles. The molecule has 2 rings (SSSR count). The topological polar surface area (TPSA) is 64.5 Å². The molecule has 3 atom stereocenters. The Morgan fingerprint density at radius 3 is 2.76 bits per heavy atom. The molecule has 1 unspecified atom stereocenters. The lowest BCUT2D eigenvalue weighted by Crippen LogP contribution is -2.49. The van der Waals surface area contributed by atoms with Gasteiger partial charge in [-0.2, -0.15) is 0 Å². The van der Waals surface area contributed by atoms with Crippen LogP contribution in [0, 0.1) is 5.82 Å². The van der Waals surface area contributed by atoms with Crippen molar-refractivity contribution in [3.05, 3.63) is 29.1 Å². The van der Waals surface area contributed by atoms with E-state index in [4.69, 9.17) is 4.74 Å². The number of nitrogens with one attached hydrogen (secondary N) is 1. The normalized spacial score (nSPS) is 20.8. The molecule has 0 bridgehead atoms. The van der Waals surface area contributed by atoms with Crippen molar-refractivity contribution in [1.29, 1.82) is 0 Å². The van der Waals surface area contributed by atoms with Crippen LogP contribution in [0.2, 0.25) is 0 Å². The van der Waals surface area contributed by atoms with Gasteiger partial charge in [0.25, 0.3) is 0 Å². The van der Waals surface area contributed by atoms with Crippen LogP contribution in [0.4, 0.5) is 4.39 Å². The maximum Gasteiger partial charge on any atom is 0.136 e. The summed E-state index contributed by atoms with van der Waals surface area (Å²) in [6.07, 6.45) is 0.314. The molecule has 21 heavy (non-hydrogen) atoms. The lowest BCUT2D eigenvalue weighted by atomic mass is 10.0. The van der Waals surface area contributed by atoms with Crippen LogP contribution < -0.4 is 9.46 Å². The number of aliphatic hydroxyl groups is 1. The van der Waals surface area contributed by atoms with Gasteiger partial charge < -0.3 is 14.4 Å². The second-order valence-electron chi connectivity index (χ2n) is 6.36. The third-order valence-corrected chi connectivity index (χ3v) is 5.17. The Balaban J connectivity index is 2.09. The number of benzene rings is 1. The summed E-state index contributed by atoms with van der Waals surface area (Å²) in [4.78, 5) is 0. The predicted molar refractivity (Wildman–Crippen MR) is 80.9 cm³/mol. The smallest absolute Gasteiger partial charge is 0.136 e. The molecule has 0 aromatic heterocycles. The summed E-state index contributed by atoms with van der Waals surface area (Å²) in [5, 5.41) is 9.29. The first-order chi connectivity index (χ1) is 9.72. The molecule has 0 fully saturated rings. The van der Waals surface area contributed by atoms with Crippen LogP contribution in [-0.2, 0) is 24.4 Å². The zero-order valence-corrected chi connectivity index (χ0v) is 13.6. The number of aliphatic hydroxyl groups excluding tert-OH is 1. The highest BCUT2D eigenvalue weighted by Crippen LogP contribution is 2.35. The summed E-state index contributed by atoms with van der Waals surface area (Å²) in [5.74, 6) is 0.181. The third kappa shape index (κ3) is 3.69. The predicted octanol–water partition coefficient (Wildman–Crippen LogP) is 2.06. The fourth-order valence-corrected chi connectivity index (χ4v) is 3.09. The number of ether oxygens (including phenoxy) is 1. The molecule has 1 aliphatic heterocycles. The van der Waals surface area contributed by atoms with E-state index < -0.39 is 11.4 Å². The van der Waals surface area contributed by atoms with Crippen molar-refractivity contribution in [2.24, 2.45) is 0 Å². The van der Waals surface area contributed by atoms with E-state index in [0.717, 1.165) is 5.56 Å². The quantitative estimate of drug-likeness (QED) is 0.835. The lowest BCUT2D eigenvalue weighted by Gasteiger charge is -2.28. The van der Waals surface area contributed by atoms with Crippen molar-refractivity contribution >= 4 is 11.4 Å². The molecular weight excluding hydrogens is 293 g/mol. The summed E-state index contributed by atoms with van der Waals surface area (Å²) in [5.41, 5.74) is 1.20. The van der Waals surface area contributed by atoms with Gasteiger partial charge in [-0.1, -0.05) is 0 Å². The maximum absolute atomic E-state index is 13.5. The summed E-state index contributed by atoms with van der Waals surface area (Å²) < 4.78 is 34.1. The second kappa shape index (κ2) is 6.12. The Hall–Kier alpha value is -0.820. The second-order valence-corrected chi connectivity index (χ2v) is 8.36. The lowest BCUT2D eigenvalue weighted by molar-refractivity contribution is 0.191. The third-order valence-electron chi connectivity index (χ3n) is 3.48. The molecule has 1 aliphatic rings. The molecule has 0 aliphatic carbocycles. The fourth-order valence-electron chi connectivity index (χ4n) is 2.24. The first kappa shape index (κ1) is 16.5. The average Bonchev–Trinajstić information content (AvgIpc) is 2.80. The van der Waals surface area contributed by atoms with Gasteiger partial charge in [0.15, 0.2) is 0 Å². The van der Waals surface area contributed by atoms with Crippen molar-refractivity contribution in [1.82, 2.24) is 4.72 Å². The van der Waals surface area contributed by atoms with Crippen LogP contribution in [0.25, 0.3) is 0 Å². The Morgan fingerprint density at radius 1 is 1.52 bits per heavy atom. The van der Waals surface area contributed by atoms with Gasteiger partial charge in [-0.15, -0.1) is 4.72 Å². The van der Waals surface area contributed by atoms with Crippen LogP contribution in [0.3, 0.4) is 0 Å². The molecule has 0 saturated carbocycles. The largest absolute Gasteiger partial charge is 0.598 e. The zero-order chi connectivity index (χ0) is 15.8. The summed E-state index contributed by atoms with van der Waals surface area (Å²) in [6.45, 7) is 7.32. The van der Waals surface area contributed by atoms with E-state index in [-0.39, 0.29) is 29.3 Å². The molecule has 4 nitrogen and oxygen atoms in total. The highest BCUT2D eigenvalue weighted by atomic mass is 32.2. The molecule has 2 N–H and O–H groups in total. The highest BCUT2D eigenvalue weighted by molar-refractivity contribution is 7.90. The van der Waals surface area contributed by atoms with E-state index in [1.54, 1.807) is 0 Å². The van der Waals surface area contributed by atoms with Gasteiger partial charge in [-0.25, -0.2) is 4.39 Å². The minimum Gasteiger partial charge on any atom is -0.598 e. The highest BCUT2D eigenvalue weighted by Gasteiger charge is 2.35. The monoisotopic (exact) mass is 315 g/mol. The number of halogens is 1. The van der Waals surface area contributed by atoms with Crippen molar-refractivity contribution in [3.63, 3.8) is 0 Å². The van der Waals surface area contributed by atoms with Crippen LogP contribution in [0.5, 0.6) is 5.75 Å². The fraction of sp³-hybridized carbons (Fsp3) is 0.600. The van der Waals surface area contributed by atoms with Crippen molar-refractivity contribution in [2.75, 3.05) is 0 Å². The molecule has 0 spiro atoms. The number of rotatable bonds is 4. The number of hydrogen-bond donors (Lipinski definition) is 2. The van der Waals surface area contributed by atoms with E-state index in [1.165, 1.54) is 12.1 Å². The SMILES string of the molecule is C[C@@H](N[S+]([O-])C(C)(C)C)[C@H]1Cc2cc(F)cc(CO)c2O1. The molecule has 1 aromatic carbocycles. The first-order valence-electron chi connectivity index (χ1n) is 6.99. The first-order valence-corrected chi connectivity index (χ1v) is 8.14. The van der Waals surface area contributed by atoms with Gasteiger partial charge in [0.05, 0.1) is 12.6 Å². The standard InChI is InChI=1S/C15H22FNO3S/c1-9(17-21(19)15(2,3)4)13-7-10-5-12(16)6-11(8-18)14(10)20-13/h5-6,9,13,17-18H,7-8H2,1-4H3/t9-,13-,21?/m1/s1. The summed E-state index contributed by atoms with van der Waals surface area (Å²) in [7, 11) is 0. The molecule has 0 amide bonds. The zero-order valence-electron chi connectivity index (χ0n) is 12.8. The van der Waals surface area contributed by atoms with Gasteiger partial charge in [0.1, 0.15) is 22.4 Å². The average molecular weight is 315 g/mol. The van der Waals surface area contributed by atoms with E-state index in [2.05, 4.69) is 4.72 Å². The molecular formula is C15H22FNO3S. The minimum atomic E-state index is -1.19. The van der Waals surface area contributed by atoms with Crippen molar-refractivity contribution in [2.45, 2.75) is 57.6 Å². The van der Waals surface area contributed by atoms with Crippen LogP contribution in [-0.4, -0.2) is 26.6 Å². The van der Waals surface area contributed by atoms with E-state index in [9.17, 15) is 14.0 Å². The Labute approximate surface area is 128 Å². The van der Waals surface area contributed by atoms with Crippen LogP contribution in [0.15, 0.2) is 12.1 Å². The molecule has 1 aromatic rings. The minimum absolute atomic E-state index is 0.146. The van der Waals surface area contributed by atoms with Gasteiger partial charge in [0.2, 0.25) is 0 Å². The van der Waals surface area contributed by atoms with E-state index in [1.807, 2.05) is 27.7 Å². The van der Waals surface area contributed by atoms with E-state index >= 15 is 0 Å². The Morgan fingerprint density at radius 2 is 2.19 bits per heavy atom. The number of fused-ring (bicyclic) bond motifs is 1. The summed E-state index contributed by atoms with van der Waals surface area (Å²) in [6, 6.07) is 2.57. The molecule has 118 valence electrons. The van der Waals surface area contributed by atoms with E-state index in [0.29, 0.717) is 17.7 Å². The molecule has 0 radical (unpaired) electrons. The van der Waals surface area contributed by atoms with Crippen molar-refractivity contribution in [3.8, 4) is 5.75 Å². The summed E-state index contributed by atoms with van der Waals surface area (Å²) >= 11 is -1.19. The van der Waals surface area contributed by atoms with Gasteiger partial charge in [0, 0.05) is 28.9 Å². The Bertz CT molecular complexity index is 518. The number of hydrogen-bond acceptors (Lipinski definition) is 4. The molecule has 1 heterocycles.